The number of methoxy groups -OCH3 is 1. The van der Waals surface area contributed by atoms with Crippen LogP contribution < -0.4 is 0 Å². The maximum absolute atomic E-state index is 13.3. The third-order valence-corrected chi connectivity index (χ3v) is 6.37. The van der Waals surface area contributed by atoms with Crippen molar-refractivity contribution in [2.24, 2.45) is 0 Å². The van der Waals surface area contributed by atoms with Gasteiger partial charge in [-0.25, -0.2) is 4.98 Å². The van der Waals surface area contributed by atoms with Crippen molar-refractivity contribution in [2.75, 3.05) is 33.4 Å². The lowest BCUT2D eigenvalue weighted by atomic mass is 9.91. The lowest BCUT2D eigenvalue weighted by Gasteiger charge is -2.34. The zero-order valence-corrected chi connectivity index (χ0v) is 17.6. The van der Waals surface area contributed by atoms with E-state index < -0.39 is 0 Å². The minimum Gasteiger partial charge on any atom is -0.382 e. The van der Waals surface area contributed by atoms with Crippen molar-refractivity contribution in [3.63, 3.8) is 0 Å². The molecule has 0 bridgehead atoms. The van der Waals surface area contributed by atoms with Crippen LogP contribution in [-0.4, -0.2) is 53.8 Å². The van der Waals surface area contributed by atoms with Crippen molar-refractivity contribution in [3.05, 3.63) is 53.1 Å². The van der Waals surface area contributed by atoms with E-state index in [9.17, 15) is 4.79 Å². The Hall–Kier alpha value is -1.89. The van der Waals surface area contributed by atoms with Gasteiger partial charge in [-0.2, -0.15) is 0 Å². The van der Waals surface area contributed by atoms with Crippen LogP contribution >= 0.6 is 11.6 Å². The molecule has 0 atom stereocenters. The minimum absolute atomic E-state index is 0.268. The van der Waals surface area contributed by atoms with Gasteiger partial charge < -0.3 is 18.9 Å². The number of nitrogens with zero attached hydrogens (tertiary/aromatic N) is 3. The van der Waals surface area contributed by atoms with E-state index in [-0.39, 0.29) is 11.3 Å². The Morgan fingerprint density at radius 2 is 1.93 bits per heavy atom. The molecule has 0 unspecified atom stereocenters. The molecule has 2 fully saturated rings. The molecule has 156 valence electrons. The number of aromatic nitrogens is 2. The molecule has 2 heterocycles. The van der Waals surface area contributed by atoms with Gasteiger partial charge in [-0.3, -0.25) is 4.79 Å². The van der Waals surface area contributed by atoms with Gasteiger partial charge in [0.25, 0.3) is 0 Å². The molecule has 6 nitrogen and oxygen atoms in total. The van der Waals surface area contributed by atoms with Crippen LogP contribution in [0.25, 0.3) is 0 Å². The Morgan fingerprint density at radius 3 is 2.59 bits per heavy atom. The van der Waals surface area contributed by atoms with E-state index in [1.807, 2.05) is 41.6 Å². The van der Waals surface area contributed by atoms with Crippen LogP contribution in [0.3, 0.4) is 0 Å². The van der Waals surface area contributed by atoms with E-state index in [0.717, 1.165) is 50.2 Å². The minimum atomic E-state index is -0.328. The van der Waals surface area contributed by atoms with Crippen LogP contribution in [0, 0.1) is 0 Å². The second-order valence-electron chi connectivity index (χ2n) is 7.94. The quantitative estimate of drug-likeness (QED) is 0.616. The summed E-state index contributed by atoms with van der Waals surface area (Å²) in [4.78, 5) is 19.9. The average molecular weight is 418 g/mol. The second kappa shape index (κ2) is 8.86. The van der Waals surface area contributed by atoms with Gasteiger partial charge in [-0.15, -0.1) is 0 Å². The van der Waals surface area contributed by atoms with E-state index in [0.29, 0.717) is 30.9 Å². The highest BCUT2D eigenvalue weighted by Crippen LogP contribution is 2.50. The molecular formula is C22H28ClN3O3. The number of hydrogen-bond acceptors (Lipinski definition) is 4. The number of rotatable bonds is 8. The SMILES string of the molecule is COCCOCn1ccnc1C1CCN(C(=O)C2(c3ccc(Cl)cc3)CC2)CC1. The molecule has 1 aliphatic carbocycles. The van der Waals surface area contributed by atoms with E-state index in [2.05, 4.69) is 9.55 Å². The van der Waals surface area contributed by atoms with Crippen molar-refractivity contribution in [1.82, 2.24) is 14.5 Å². The smallest absolute Gasteiger partial charge is 0.233 e. The summed E-state index contributed by atoms with van der Waals surface area (Å²) in [7, 11) is 1.67. The number of imidazole rings is 1. The summed E-state index contributed by atoms with van der Waals surface area (Å²) in [6, 6.07) is 7.76. The fourth-order valence-electron chi connectivity index (χ4n) is 4.26. The molecule has 0 radical (unpaired) electrons. The first-order valence-electron chi connectivity index (χ1n) is 10.3. The number of carbonyl (C=O) groups is 1. The predicted octanol–water partition coefficient (Wildman–Crippen LogP) is 3.59. The first kappa shape index (κ1) is 20.4. The first-order valence-corrected chi connectivity index (χ1v) is 10.6. The molecule has 2 aromatic rings. The summed E-state index contributed by atoms with van der Waals surface area (Å²) in [5.74, 6) is 1.67. The summed E-state index contributed by atoms with van der Waals surface area (Å²) in [6.45, 7) is 3.18. The van der Waals surface area contributed by atoms with Crippen LogP contribution in [0.5, 0.6) is 0 Å². The number of likely N-dealkylation sites (tertiary alicyclic amines) is 1. The van der Waals surface area contributed by atoms with Crippen LogP contribution in [0.4, 0.5) is 0 Å². The highest BCUT2D eigenvalue weighted by Gasteiger charge is 2.53. The molecule has 7 heteroatoms. The lowest BCUT2D eigenvalue weighted by Crippen LogP contribution is -2.44. The molecule has 2 aliphatic rings. The van der Waals surface area contributed by atoms with Gasteiger partial charge in [-0.1, -0.05) is 23.7 Å². The normalized spacial score (nSPS) is 18.8. The Labute approximate surface area is 176 Å². The molecule has 1 aromatic carbocycles. The molecule has 1 saturated carbocycles. The average Bonchev–Trinajstić information content (AvgIpc) is 3.43. The molecule has 1 aromatic heterocycles. The van der Waals surface area contributed by atoms with Gasteiger partial charge in [0.15, 0.2) is 0 Å². The molecule has 1 aliphatic heterocycles. The molecule has 4 rings (SSSR count). The Morgan fingerprint density at radius 1 is 1.21 bits per heavy atom. The van der Waals surface area contributed by atoms with E-state index in [1.165, 1.54) is 0 Å². The summed E-state index contributed by atoms with van der Waals surface area (Å²) in [6.07, 6.45) is 7.49. The van der Waals surface area contributed by atoms with Crippen molar-refractivity contribution >= 4 is 17.5 Å². The molecule has 1 amide bonds. The topological polar surface area (TPSA) is 56.6 Å². The number of amides is 1. The lowest BCUT2D eigenvalue weighted by molar-refractivity contribution is -0.135. The zero-order valence-electron chi connectivity index (χ0n) is 16.8. The zero-order chi connectivity index (χ0) is 20.3. The number of carbonyl (C=O) groups excluding carboxylic acids is 1. The molecule has 29 heavy (non-hydrogen) atoms. The largest absolute Gasteiger partial charge is 0.382 e. The number of hydrogen-bond donors (Lipinski definition) is 0. The van der Waals surface area contributed by atoms with Gasteiger partial charge in [0.1, 0.15) is 12.6 Å². The Balaban J connectivity index is 1.35. The van der Waals surface area contributed by atoms with Gasteiger partial charge in [0.05, 0.1) is 18.6 Å². The van der Waals surface area contributed by atoms with Crippen LogP contribution in [-0.2, 0) is 26.4 Å². The van der Waals surface area contributed by atoms with Crippen LogP contribution in [0.2, 0.25) is 5.02 Å². The van der Waals surface area contributed by atoms with Crippen LogP contribution in [0.15, 0.2) is 36.7 Å². The number of halogens is 1. The summed E-state index contributed by atoms with van der Waals surface area (Å²) in [5.41, 5.74) is 0.767. The highest BCUT2D eigenvalue weighted by molar-refractivity contribution is 6.30. The van der Waals surface area contributed by atoms with Crippen molar-refractivity contribution in [1.29, 1.82) is 0 Å². The fraction of sp³-hybridized carbons (Fsp3) is 0.545. The second-order valence-corrected chi connectivity index (χ2v) is 8.38. The van der Waals surface area contributed by atoms with E-state index >= 15 is 0 Å². The Bertz CT molecular complexity index is 824. The highest BCUT2D eigenvalue weighted by atomic mass is 35.5. The monoisotopic (exact) mass is 417 g/mol. The van der Waals surface area contributed by atoms with E-state index in [1.54, 1.807) is 7.11 Å². The number of piperidine rings is 1. The number of ether oxygens (including phenoxy) is 2. The van der Waals surface area contributed by atoms with Crippen molar-refractivity contribution in [2.45, 2.75) is 43.7 Å². The molecule has 1 saturated heterocycles. The Kier molecular flexibility index (Phi) is 6.23. The van der Waals surface area contributed by atoms with Gasteiger partial charge in [-0.05, 0) is 43.4 Å². The summed E-state index contributed by atoms with van der Waals surface area (Å²) < 4.78 is 12.7. The molecule has 0 N–H and O–H groups in total. The summed E-state index contributed by atoms with van der Waals surface area (Å²) >= 11 is 6.02. The maximum atomic E-state index is 13.3. The van der Waals surface area contributed by atoms with Gasteiger partial charge in [0, 0.05) is 43.5 Å². The van der Waals surface area contributed by atoms with Crippen LogP contribution in [0.1, 0.15) is 43.0 Å². The van der Waals surface area contributed by atoms with Crippen molar-refractivity contribution < 1.29 is 14.3 Å². The third-order valence-electron chi connectivity index (χ3n) is 6.11. The maximum Gasteiger partial charge on any atom is 0.233 e. The summed E-state index contributed by atoms with van der Waals surface area (Å²) in [5, 5.41) is 0.708. The standard InChI is InChI=1S/C22H28ClN3O3/c1-28-14-15-29-16-26-13-10-24-20(26)17-6-11-25(12-7-17)21(27)22(8-9-22)18-2-4-19(23)5-3-18/h2-5,10,13,17H,6-9,11-12,14-16H2,1H3. The van der Waals surface area contributed by atoms with Crippen molar-refractivity contribution in [3.8, 4) is 0 Å². The molecule has 0 spiro atoms. The van der Waals surface area contributed by atoms with Gasteiger partial charge >= 0.3 is 0 Å². The molecular weight excluding hydrogens is 390 g/mol. The third kappa shape index (κ3) is 4.34. The van der Waals surface area contributed by atoms with Gasteiger partial charge in [0.2, 0.25) is 5.91 Å². The number of benzene rings is 1. The van der Waals surface area contributed by atoms with E-state index in [4.69, 9.17) is 21.1 Å². The first-order chi connectivity index (χ1) is 14.1. The fourth-order valence-corrected chi connectivity index (χ4v) is 4.38. The predicted molar refractivity (Wildman–Crippen MR) is 111 cm³/mol.